The molecule has 3 nitrogen and oxygen atoms in total. The van der Waals surface area contributed by atoms with Crippen LogP contribution in [0.5, 0.6) is 0 Å². The Labute approximate surface area is 173 Å². The number of benzene rings is 2. The molecule has 0 atom stereocenters. The lowest BCUT2D eigenvalue weighted by molar-refractivity contribution is -0.137. The fourth-order valence-corrected chi connectivity index (χ4v) is 2.95. The largest absolute Gasteiger partial charge is 0.461 e. The van der Waals surface area contributed by atoms with Crippen molar-refractivity contribution in [1.82, 2.24) is 0 Å². The quantitative estimate of drug-likeness (QED) is 0.451. The number of carbonyl (C=O) groups excluding carboxylic acids is 1. The molecule has 2 aromatic carbocycles. The van der Waals surface area contributed by atoms with Crippen molar-refractivity contribution in [3.8, 4) is 11.3 Å². The fourth-order valence-electron chi connectivity index (χ4n) is 2.49. The van der Waals surface area contributed by atoms with E-state index in [0.717, 1.165) is 18.2 Å². The first kappa shape index (κ1) is 20.6. The summed E-state index contributed by atoms with van der Waals surface area (Å²) in [5.74, 6) is -0.0215. The first-order valence-corrected chi connectivity index (χ1v) is 8.93. The number of hydrogen-bond donors (Lipinski definition) is 1. The minimum absolute atomic E-state index is 0.0211. The maximum absolute atomic E-state index is 12.9. The van der Waals surface area contributed by atoms with Gasteiger partial charge in [0, 0.05) is 5.56 Å². The Morgan fingerprint density at radius 3 is 2.29 bits per heavy atom. The van der Waals surface area contributed by atoms with Crippen molar-refractivity contribution in [2.75, 3.05) is 5.32 Å². The molecular weight excluding hydrogens is 438 g/mol. The Morgan fingerprint density at radius 1 is 0.964 bits per heavy atom. The van der Waals surface area contributed by atoms with E-state index in [0.29, 0.717) is 21.4 Å². The number of hydrogen-bond acceptors (Lipinski definition) is 2. The van der Waals surface area contributed by atoms with Gasteiger partial charge in [-0.3, -0.25) is 4.79 Å². The van der Waals surface area contributed by atoms with Crippen LogP contribution in [0.15, 0.2) is 46.9 Å². The summed E-state index contributed by atoms with van der Waals surface area (Å²) in [6, 6.07) is 8.97. The van der Waals surface area contributed by atoms with Crippen molar-refractivity contribution in [2.45, 2.75) is 13.1 Å². The standard InChI is InChI=1S/C19H11Cl3F3NO2/c1-9-12(8-17(28-9)10-2-4-13(20)15(22)6-10)18(27)26-16-7-11(19(23,24)25)3-5-14(16)21/h2-8H,1H3,(H,26,27). The van der Waals surface area contributed by atoms with Crippen LogP contribution in [0.3, 0.4) is 0 Å². The molecule has 0 saturated carbocycles. The van der Waals surface area contributed by atoms with Crippen LogP contribution in [0.4, 0.5) is 18.9 Å². The van der Waals surface area contributed by atoms with Crippen LogP contribution in [0.1, 0.15) is 21.7 Å². The zero-order valence-corrected chi connectivity index (χ0v) is 16.4. The predicted octanol–water partition coefficient (Wildman–Crippen LogP) is 7.49. The predicted molar refractivity (Wildman–Crippen MR) is 103 cm³/mol. The molecule has 0 fully saturated rings. The topological polar surface area (TPSA) is 42.2 Å². The maximum Gasteiger partial charge on any atom is 0.416 e. The molecule has 1 amide bonds. The molecule has 0 radical (unpaired) electrons. The van der Waals surface area contributed by atoms with Gasteiger partial charge in [0.2, 0.25) is 0 Å². The molecule has 0 aliphatic rings. The summed E-state index contributed by atoms with van der Waals surface area (Å²) < 4.78 is 44.2. The second kappa shape index (κ2) is 7.70. The zero-order valence-electron chi connectivity index (χ0n) is 14.1. The minimum atomic E-state index is -4.56. The van der Waals surface area contributed by atoms with Gasteiger partial charge in [-0.2, -0.15) is 13.2 Å². The number of nitrogens with one attached hydrogen (secondary N) is 1. The van der Waals surface area contributed by atoms with Gasteiger partial charge >= 0.3 is 6.18 Å². The van der Waals surface area contributed by atoms with Gasteiger partial charge in [0.25, 0.3) is 5.91 Å². The van der Waals surface area contributed by atoms with E-state index >= 15 is 0 Å². The van der Waals surface area contributed by atoms with Crippen LogP contribution < -0.4 is 5.32 Å². The molecule has 1 aromatic heterocycles. The van der Waals surface area contributed by atoms with Gasteiger partial charge in [-0.25, -0.2) is 0 Å². The molecule has 3 aromatic rings. The number of anilines is 1. The van der Waals surface area contributed by atoms with E-state index in [1.807, 2.05) is 0 Å². The van der Waals surface area contributed by atoms with E-state index in [2.05, 4.69) is 5.32 Å². The van der Waals surface area contributed by atoms with Crippen molar-refractivity contribution < 1.29 is 22.4 Å². The summed E-state index contributed by atoms with van der Waals surface area (Å²) in [6.07, 6.45) is -4.56. The van der Waals surface area contributed by atoms with E-state index in [1.54, 1.807) is 25.1 Å². The summed E-state index contributed by atoms with van der Waals surface area (Å²) in [6.45, 7) is 1.56. The molecule has 0 spiro atoms. The third kappa shape index (κ3) is 4.29. The molecule has 0 aliphatic heterocycles. The van der Waals surface area contributed by atoms with E-state index in [-0.39, 0.29) is 22.0 Å². The molecule has 3 rings (SSSR count). The van der Waals surface area contributed by atoms with Crippen LogP contribution in [0.25, 0.3) is 11.3 Å². The smallest absolute Gasteiger partial charge is 0.416 e. The second-order valence-corrected chi connectivity index (χ2v) is 7.08. The lowest BCUT2D eigenvalue weighted by Gasteiger charge is -2.11. The molecule has 0 saturated heterocycles. The average molecular weight is 449 g/mol. The van der Waals surface area contributed by atoms with E-state index in [4.69, 9.17) is 39.2 Å². The molecule has 146 valence electrons. The van der Waals surface area contributed by atoms with Gasteiger partial charge in [-0.1, -0.05) is 34.8 Å². The lowest BCUT2D eigenvalue weighted by atomic mass is 10.1. The molecule has 9 heteroatoms. The Morgan fingerprint density at radius 2 is 1.64 bits per heavy atom. The summed E-state index contributed by atoms with van der Waals surface area (Å²) in [5, 5.41) is 3.05. The summed E-state index contributed by atoms with van der Waals surface area (Å²) in [7, 11) is 0. The molecule has 1 heterocycles. The molecular formula is C19H11Cl3F3NO2. The molecule has 1 N–H and O–H groups in total. The van der Waals surface area contributed by atoms with Crippen molar-refractivity contribution in [3.05, 3.63) is 74.4 Å². The Bertz CT molecular complexity index is 1060. The normalized spacial score (nSPS) is 11.5. The maximum atomic E-state index is 12.9. The number of rotatable bonds is 3. The third-order valence-corrected chi connectivity index (χ3v) is 4.98. The molecule has 0 bridgehead atoms. The first-order valence-electron chi connectivity index (χ1n) is 7.80. The van der Waals surface area contributed by atoms with Crippen LogP contribution in [-0.2, 0) is 6.18 Å². The van der Waals surface area contributed by atoms with E-state index in [1.165, 1.54) is 6.07 Å². The lowest BCUT2D eigenvalue weighted by Crippen LogP contribution is -2.14. The Hall–Kier alpha value is -2.15. The van der Waals surface area contributed by atoms with Crippen molar-refractivity contribution >= 4 is 46.4 Å². The highest BCUT2D eigenvalue weighted by molar-refractivity contribution is 6.42. The SMILES string of the molecule is Cc1oc(-c2ccc(Cl)c(Cl)c2)cc1C(=O)Nc1cc(C(F)(F)F)ccc1Cl. The summed E-state index contributed by atoms with van der Waals surface area (Å²) in [4.78, 5) is 12.6. The highest BCUT2D eigenvalue weighted by atomic mass is 35.5. The van der Waals surface area contributed by atoms with Gasteiger partial charge in [-0.15, -0.1) is 0 Å². The molecule has 0 aliphatic carbocycles. The number of amides is 1. The summed E-state index contributed by atoms with van der Waals surface area (Å²) in [5.41, 5.74) is -0.339. The highest BCUT2D eigenvalue weighted by Gasteiger charge is 2.31. The number of carbonyl (C=O) groups is 1. The fraction of sp³-hybridized carbons (Fsp3) is 0.105. The van der Waals surface area contributed by atoms with Gasteiger partial charge in [0.05, 0.1) is 31.9 Å². The van der Waals surface area contributed by atoms with Crippen LogP contribution in [0, 0.1) is 6.92 Å². The van der Waals surface area contributed by atoms with E-state index < -0.39 is 17.6 Å². The molecule has 28 heavy (non-hydrogen) atoms. The zero-order chi connectivity index (χ0) is 20.6. The van der Waals surface area contributed by atoms with E-state index in [9.17, 15) is 18.0 Å². The van der Waals surface area contributed by atoms with Crippen molar-refractivity contribution in [3.63, 3.8) is 0 Å². The first-order chi connectivity index (χ1) is 13.1. The van der Waals surface area contributed by atoms with Gasteiger partial charge in [-0.05, 0) is 49.4 Å². The monoisotopic (exact) mass is 447 g/mol. The number of halogens is 6. The number of furan rings is 1. The van der Waals surface area contributed by atoms with Crippen LogP contribution in [-0.4, -0.2) is 5.91 Å². The minimum Gasteiger partial charge on any atom is -0.461 e. The van der Waals surface area contributed by atoms with Gasteiger partial charge < -0.3 is 9.73 Å². The number of alkyl halides is 3. The van der Waals surface area contributed by atoms with Crippen LogP contribution in [0.2, 0.25) is 15.1 Å². The average Bonchev–Trinajstić information content (AvgIpc) is 3.00. The van der Waals surface area contributed by atoms with Crippen LogP contribution >= 0.6 is 34.8 Å². The summed E-state index contributed by atoms with van der Waals surface area (Å²) >= 11 is 17.8. The Balaban J connectivity index is 1.90. The molecule has 0 unspecified atom stereocenters. The number of aryl methyl sites for hydroxylation is 1. The second-order valence-electron chi connectivity index (χ2n) is 5.86. The van der Waals surface area contributed by atoms with Crippen molar-refractivity contribution in [1.29, 1.82) is 0 Å². The highest BCUT2D eigenvalue weighted by Crippen LogP contribution is 2.35. The third-order valence-electron chi connectivity index (χ3n) is 3.91. The van der Waals surface area contributed by atoms with Crippen molar-refractivity contribution in [2.24, 2.45) is 0 Å². The van der Waals surface area contributed by atoms with Gasteiger partial charge in [0.1, 0.15) is 11.5 Å². The van der Waals surface area contributed by atoms with Gasteiger partial charge in [0.15, 0.2) is 0 Å². The Kier molecular flexibility index (Phi) is 5.66.